The van der Waals surface area contributed by atoms with Crippen molar-refractivity contribution in [3.8, 4) is 0 Å². The molecule has 0 saturated heterocycles. The summed E-state index contributed by atoms with van der Waals surface area (Å²) in [4.78, 5) is 14.3. The van der Waals surface area contributed by atoms with E-state index < -0.39 is 0 Å². The Morgan fingerprint density at radius 3 is 2.76 bits per heavy atom. The smallest absolute Gasteiger partial charge is 0.165 e. The third kappa shape index (κ3) is 2.51. The van der Waals surface area contributed by atoms with Crippen LogP contribution in [0, 0.1) is 5.92 Å². The van der Waals surface area contributed by atoms with Crippen LogP contribution in [0.5, 0.6) is 0 Å². The number of rotatable bonds is 2. The highest BCUT2D eigenvalue weighted by Crippen LogP contribution is 2.27. The quantitative estimate of drug-likeness (QED) is 0.728. The SMILES string of the molecule is CC(C)C(=O)c1ccc2c(c1)CCCCN2C. The number of hydrogen-bond acceptors (Lipinski definition) is 2. The van der Waals surface area contributed by atoms with Crippen molar-refractivity contribution >= 4 is 11.5 Å². The number of fused-ring (bicyclic) bond motifs is 1. The minimum atomic E-state index is 0.0801. The second-order valence-electron chi connectivity index (χ2n) is 5.24. The van der Waals surface area contributed by atoms with Crippen LogP contribution in [0.2, 0.25) is 0 Å². The molecule has 1 aromatic carbocycles. The highest BCUT2D eigenvalue weighted by Gasteiger charge is 2.16. The fourth-order valence-electron chi connectivity index (χ4n) is 2.43. The molecule has 2 rings (SSSR count). The molecule has 17 heavy (non-hydrogen) atoms. The third-order valence-corrected chi connectivity index (χ3v) is 3.49. The number of anilines is 1. The maximum absolute atomic E-state index is 12.0. The van der Waals surface area contributed by atoms with Crippen molar-refractivity contribution in [3.05, 3.63) is 29.3 Å². The molecule has 1 aromatic rings. The van der Waals surface area contributed by atoms with Gasteiger partial charge >= 0.3 is 0 Å². The molecular formula is C15H21NO. The van der Waals surface area contributed by atoms with Gasteiger partial charge in [0.25, 0.3) is 0 Å². The molecule has 0 atom stereocenters. The van der Waals surface area contributed by atoms with E-state index in [-0.39, 0.29) is 11.7 Å². The second kappa shape index (κ2) is 4.91. The van der Waals surface area contributed by atoms with Crippen molar-refractivity contribution in [3.63, 3.8) is 0 Å². The van der Waals surface area contributed by atoms with Crippen molar-refractivity contribution in [1.29, 1.82) is 0 Å². The molecule has 92 valence electrons. The lowest BCUT2D eigenvalue weighted by Crippen LogP contribution is -2.18. The molecule has 0 unspecified atom stereocenters. The highest BCUT2D eigenvalue weighted by molar-refractivity contribution is 5.98. The van der Waals surface area contributed by atoms with Gasteiger partial charge in [-0.2, -0.15) is 0 Å². The number of hydrogen-bond donors (Lipinski definition) is 0. The summed E-state index contributed by atoms with van der Waals surface area (Å²) >= 11 is 0. The van der Waals surface area contributed by atoms with Gasteiger partial charge in [0.15, 0.2) is 5.78 Å². The Morgan fingerprint density at radius 2 is 2.06 bits per heavy atom. The van der Waals surface area contributed by atoms with E-state index in [0.717, 1.165) is 18.5 Å². The summed E-state index contributed by atoms with van der Waals surface area (Å²) in [6.07, 6.45) is 3.55. The normalized spacial score (nSPS) is 15.6. The zero-order chi connectivity index (χ0) is 12.4. The van der Waals surface area contributed by atoms with E-state index in [1.54, 1.807) is 0 Å². The number of carbonyl (C=O) groups excluding carboxylic acids is 1. The number of carbonyl (C=O) groups is 1. The number of nitrogens with zero attached hydrogens (tertiary/aromatic N) is 1. The van der Waals surface area contributed by atoms with Gasteiger partial charge < -0.3 is 4.90 Å². The average molecular weight is 231 g/mol. The zero-order valence-corrected chi connectivity index (χ0v) is 11.0. The number of ketones is 1. The Morgan fingerprint density at radius 1 is 1.29 bits per heavy atom. The minimum Gasteiger partial charge on any atom is -0.374 e. The van der Waals surface area contributed by atoms with Gasteiger partial charge in [-0.3, -0.25) is 4.79 Å². The summed E-state index contributed by atoms with van der Waals surface area (Å²) in [5.41, 5.74) is 3.49. The first-order valence-electron chi connectivity index (χ1n) is 6.48. The summed E-state index contributed by atoms with van der Waals surface area (Å²) in [6, 6.07) is 6.18. The molecule has 0 aromatic heterocycles. The molecule has 1 aliphatic heterocycles. The monoisotopic (exact) mass is 231 g/mol. The summed E-state index contributed by atoms with van der Waals surface area (Å²) in [6.45, 7) is 5.03. The molecule has 2 heteroatoms. The van der Waals surface area contributed by atoms with Crippen molar-refractivity contribution in [2.75, 3.05) is 18.5 Å². The van der Waals surface area contributed by atoms with Gasteiger partial charge in [-0.25, -0.2) is 0 Å². The lowest BCUT2D eigenvalue weighted by atomic mass is 9.97. The average Bonchev–Trinajstić information content (AvgIpc) is 2.50. The number of Topliss-reactive ketones (excluding diaryl/α,β-unsaturated/α-hetero) is 1. The van der Waals surface area contributed by atoms with Gasteiger partial charge in [0.2, 0.25) is 0 Å². The van der Waals surface area contributed by atoms with E-state index in [0.29, 0.717) is 0 Å². The van der Waals surface area contributed by atoms with E-state index >= 15 is 0 Å². The van der Waals surface area contributed by atoms with E-state index in [2.05, 4.69) is 24.1 Å². The lowest BCUT2D eigenvalue weighted by molar-refractivity contribution is 0.0939. The Kier molecular flexibility index (Phi) is 3.51. The highest BCUT2D eigenvalue weighted by atomic mass is 16.1. The molecule has 0 aliphatic carbocycles. The van der Waals surface area contributed by atoms with Crippen LogP contribution in [0.3, 0.4) is 0 Å². The standard InChI is InChI=1S/C15H21NO/c1-11(2)15(17)13-7-8-14-12(10-13)6-4-5-9-16(14)3/h7-8,10-11H,4-6,9H2,1-3H3. The van der Waals surface area contributed by atoms with Gasteiger partial charge in [0, 0.05) is 30.8 Å². The molecule has 0 radical (unpaired) electrons. The number of benzene rings is 1. The van der Waals surface area contributed by atoms with Crippen LogP contribution in [0.4, 0.5) is 5.69 Å². The number of aryl methyl sites for hydroxylation is 1. The third-order valence-electron chi connectivity index (χ3n) is 3.49. The summed E-state index contributed by atoms with van der Waals surface area (Å²) < 4.78 is 0. The molecule has 0 saturated carbocycles. The largest absolute Gasteiger partial charge is 0.374 e. The van der Waals surface area contributed by atoms with Gasteiger partial charge in [-0.15, -0.1) is 0 Å². The first-order chi connectivity index (χ1) is 8.09. The first kappa shape index (κ1) is 12.2. The van der Waals surface area contributed by atoms with Gasteiger partial charge in [0.05, 0.1) is 0 Å². The Labute approximate surface area is 104 Å². The van der Waals surface area contributed by atoms with E-state index in [1.165, 1.54) is 24.1 Å². The van der Waals surface area contributed by atoms with Crippen LogP contribution in [0.1, 0.15) is 42.6 Å². The molecule has 0 spiro atoms. The van der Waals surface area contributed by atoms with Crippen LogP contribution in [-0.4, -0.2) is 19.4 Å². The van der Waals surface area contributed by atoms with Crippen molar-refractivity contribution in [2.24, 2.45) is 5.92 Å². The molecule has 0 bridgehead atoms. The molecule has 1 heterocycles. The van der Waals surface area contributed by atoms with Crippen molar-refractivity contribution < 1.29 is 4.79 Å². The van der Waals surface area contributed by atoms with Crippen LogP contribution >= 0.6 is 0 Å². The summed E-state index contributed by atoms with van der Waals surface area (Å²) in [5, 5.41) is 0. The van der Waals surface area contributed by atoms with Crippen LogP contribution in [0.15, 0.2) is 18.2 Å². The first-order valence-corrected chi connectivity index (χ1v) is 6.48. The maximum Gasteiger partial charge on any atom is 0.165 e. The van der Waals surface area contributed by atoms with Gasteiger partial charge in [-0.1, -0.05) is 13.8 Å². The molecule has 0 amide bonds. The van der Waals surface area contributed by atoms with Crippen molar-refractivity contribution in [1.82, 2.24) is 0 Å². The fraction of sp³-hybridized carbons (Fsp3) is 0.533. The summed E-state index contributed by atoms with van der Waals surface area (Å²) in [7, 11) is 2.13. The zero-order valence-electron chi connectivity index (χ0n) is 11.0. The van der Waals surface area contributed by atoms with Gasteiger partial charge in [-0.05, 0) is 43.0 Å². The van der Waals surface area contributed by atoms with E-state index in [9.17, 15) is 4.79 Å². The molecule has 1 aliphatic rings. The molecule has 0 N–H and O–H groups in total. The maximum atomic E-state index is 12.0. The Hall–Kier alpha value is -1.31. The fourth-order valence-corrected chi connectivity index (χ4v) is 2.43. The lowest BCUT2D eigenvalue weighted by Gasteiger charge is -2.19. The predicted octanol–water partition coefficient (Wildman–Crippen LogP) is 3.30. The van der Waals surface area contributed by atoms with Crippen LogP contribution in [0.25, 0.3) is 0 Å². The second-order valence-corrected chi connectivity index (χ2v) is 5.24. The molecule has 2 nitrogen and oxygen atoms in total. The molecular weight excluding hydrogens is 210 g/mol. The van der Waals surface area contributed by atoms with Crippen molar-refractivity contribution in [2.45, 2.75) is 33.1 Å². The summed E-state index contributed by atoms with van der Waals surface area (Å²) in [5.74, 6) is 0.330. The Balaban J connectivity index is 2.36. The van der Waals surface area contributed by atoms with E-state index in [1.807, 2.05) is 19.9 Å². The Bertz CT molecular complexity index is 423. The van der Waals surface area contributed by atoms with Crippen LogP contribution in [-0.2, 0) is 6.42 Å². The minimum absolute atomic E-state index is 0.0801. The predicted molar refractivity (Wildman–Crippen MR) is 71.8 cm³/mol. The van der Waals surface area contributed by atoms with Crippen LogP contribution < -0.4 is 4.90 Å². The van der Waals surface area contributed by atoms with Gasteiger partial charge in [0.1, 0.15) is 0 Å². The van der Waals surface area contributed by atoms with E-state index in [4.69, 9.17) is 0 Å². The topological polar surface area (TPSA) is 20.3 Å². The molecule has 0 fully saturated rings.